The molecule has 0 aromatic heterocycles. The summed E-state index contributed by atoms with van der Waals surface area (Å²) in [6, 6.07) is 9.58. The second-order valence-corrected chi connectivity index (χ2v) is 5.23. The van der Waals surface area contributed by atoms with Crippen LogP contribution in [-0.2, 0) is 0 Å². The molecule has 0 bridgehead atoms. The summed E-state index contributed by atoms with van der Waals surface area (Å²) in [5.74, 6) is 0.248. The van der Waals surface area contributed by atoms with Gasteiger partial charge in [-0.25, -0.2) is 0 Å². The topological polar surface area (TPSA) is 43.1 Å². The molecule has 1 aliphatic carbocycles. The van der Waals surface area contributed by atoms with Crippen molar-refractivity contribution in [1.82, 2.24) is 0 Å². The summed E-state index contributed by atoms with van der Waals surface area (Å²) >= 11 is 0. The van der Waals surface area contributed by atoms with E-state index in [0.717, 1.165) is 18.4 Å². The predicted octanol–water partition coefficient (Wildman–Crippen LogP) is 3.17. The standard InChI is InChI=1S/C15H21NO/c16-12-15(9-5-2-6-10-15)11-14(17)13-7-3-1-4-8-13/h1,3-4,7-8H,2,5-6,9-12,16H2. The zero-order valence-corrected chi connectivity index (χ0v) is 10.3. The zero-order chi connectivity index (χ0) is 12.1. The molecule has 1 fully saturated rings. The Hall–Kier alpha value is -1.15. The maximum atomic E-state index is 12.2. The van der Waals surface area contributed by atoms with Gasteiger partial charge in [-0.05, 0) is 24.8 Å². The first-order valence-corrected chi connectivity index (χ1v) is 6.54. The highest BCUT2D eigenvalue weighted by molar-refractivity contribution is 5.96. The van der Waals surface area contributed by atoms with E-state index < -0.39 is 0 Å². The van der Waals surface area contributed by atoms with Gasteiger partial charge >= 0.3 is 0 Å². The van der Waals surface area contributed by atoms with E-state index >= 15 is 0 Å². The van der Waals surface area contributed by atoms with Crippen molar-refractivity contribution in [3.8, 4) is 0 Å². The van der Waals surface area contributed by atoms with Gasteiger partial charge in [0.1, 0.15) is 0 Å². The number of hydrogen-bond acceptors (Lipinski definition) is 2. The molecular formula is C15H21NO. The van der Waals surface area contributed by atoms with Gasteiger partial charge in [0.15, 0.2) is 5.78 Å². The fourth-order valence-electron chi connectivity index (χ4n) is 2.82. The number of nitrogens with two attached hydrogens (primary N) is 1. The van der Waals surface area contributed by atoms with Crippen molar-refractivity contribution in [3.63, 3.8) is 0 Å². The molecule has 92 valence electrons. The summed E-state index contributed by atoms with van der Waals surface area (Å²) in [6.07, 6.45) is 6.58. The number of carbonyl (C=O) groups is 1. The third-order valence-corrected chi connectivity index (χ3v) is 3.98. The van der Waals surface area contributed by atoms with E-state index in [2.05, 4.69) is 0 Å². The highest BCUT2D eigenvalue weighted by Crippen LogP contribution is 2.39. The lowest BCUT2D eigenvalue weighted by Gasteiger charge is -2.35. The van der Waals surface area contributed by atoms with Crippen molar-refractivity contribution in [2.75, 3.05) is 6.54 Å². The Labute approximate surface area is 103 Å². The van der Waals surface area contributed by atoms with Gasteiger partial charge < -0.3 is 5.73 Å². The molecule has 1 aromatic rings. The Morgan fingerprint density at radius 2 is 1.76 bits per heavy atom. The van der Waals surface area contributed by atoms with Crippen LogP contribution in [0.3, 0.4) is 0 Å². The minimum absolute atomic E-state index is 0.0746. The van der Waals surface area contributed by atoms with E-state index in [1.807, 2.05) is 30.3 Å². The van der Waals surface area contributed by atoms with Gasteiger partial charge in [-0.3, -0.25) is 4.79 Å². The lowest BCUT2D eigenvalue weighted by atomic mass is 9.70. The molecule has 2 N–H and O–H groups in total. The first kappa shape index (κ1) is 12.3. The van der Waals surface area contributed by atoms with Crippen LogP contribution in [0.5, 0.6) is 0 Å². The van der Waals surface area contributed by atoms with E-state index in [9.17, 15) is 4.79 Å². The molecule has 0 amide bonds. The minimum atomic E-state index is 0.0746. The average molecular weight is 231 g/mol. The lowest BCUT2D eigenvalue weighted by molar-refractivity contribution is 0.0868. The fourth-order valence-corrected chi connectivity index (χ4v) is 2.82. The molecule has 1 aromatic carbocycles. The Kier molecular flexibility index (Phi) is 3.95. The van der Waals surface area contributed by atoms with E-state index in [0.29, 0.717) is 13.0 Å². The quantitative estimate of drug-likeness (QED) is 0.809. The van der Waals surface area contributed by atoms with Gasteiger partial charge in [-0.1, -0.05) is 49.6 Å². The average Bonchev–Trinajstić information content (AvgIpc) is 2.41. The van der Waals surface area contributed by atoms with Crippen LogP contribution in [0.2, 0.25) is 0 Å². The highest BCUT2D eigenvalue weighted by atomic mass is 16.1. The molecule has 17 heavy (non-hydrogen) atoms. The van der Waals surface area contributed by atoms with Crippen molar-refractivity contribution in [1.29, 1.82) is 0 Å². The second kappa shape index (κ2) is 5.46. The number of benzene rings is 1. The van der Waals surface area contributed by atoms with Gasteiger partial charge in [0.05, 0.1) is 0 Å². The number of ketones is 1. The fraction of sp³-hybridized carbons (Fsp3) is 0.533. The van der Waals surface area contributed by atoms with E-state index in [1.165, 1.54) is 19.3 Å². The van der Waals surface area contributed by atoms with Crippen molar-refractivity contribution in [2.24, 2.45) is 11.1 Å². The number of Topliss-reactive ketones (excluding diaryl/α,β-unsaturated/α-hetero) is 1. The predicted molar refractivity (Wildman–Crippen MR) is 70.0 cm³/mol. The van der Waals surface area contributed by atoms with Crippen LogP contribution < -0.4 is 5.73 Å². The van der Waals surface area contributed by atoms with Crippen molar-refractivity contribution >= 4 is 5.78 Å². The van der Waals surface area contributed by atoms with Crippen LogP contribution in [-0.4, -0.2) is 12.3 Å². The van der Waals surface area contributed by atoms with E-state index in [-0.39, 0.29) is 11.2 Å². The van der Waals surface area contributed by atoms with Crippen LogP contribution in [0.15, 0.2) is 30.3 Å². The molecule has 1 saturated carbocycles. The largest absolute Gasteiger partial charge is 0.330 e. The molecule has 2 nitrogen and oxygen atoms in total. The Morgan fingerprint density at radius 1 is 1.12 bits per heavy atom. The molecule has 2 heteroatoms. The van der Waals surface area contributed by atoms with Gasteiger partial charge in [-0.15, -0.1) is 0 Å². The number of hydrogen-bond donors (Lipinski definition) is 1. The second-order valence-electron chi connectivity index (χ2n) is 5.23. The molecule has 0 saturated heterocycles. The van der Waals surface area contributed by atoms with Crippen LogP contribution in [0.1, 0.15) is 48.9 Å². The van der Waals surface area contributed by atoms with Crippen molar-refractivity contribution < 1.29 is 4.79 Å². The van der Waals surface area contributed by atoms with Crippen LogP contribution >= 0.6 is 0 Å². The normalized spacial score (nSPS) is 18.9. The summed E-state index contributed by atoms with van der Waals surface area (Å²) in [5, 5.41) is 0. The summed E-state index contributed by atoms with van der Waals surface area (Å²) in [6.45, 7) is 0.644. The van der Waals surface area contributed by atoms with Crippen molar-refractivity contribution in [2.45, 2.75) is 38.5 Å². The molecule has 0 heterocycles. The van der Waals surface area contributed by atoms with E-state index in [4.69, 9.17) is 5.73 Å². The first-order valence-electron chi connectivity index (χ1n) is 6.54. The molecule has 0 spiro atoms. The Bertz CT molecular complexity index is 366. The minimum Gasteiger partial charge on any atom is -0.330 e. The molecular weight excluding hydrogens is 210 g/mol. The summed E-state index contributed by atoms with van der Waals surface area (Å²) in [4.78, 5) is 12.2. The molecule has 0 unspecified atom stereocenters. The maximum absolute atomic E-state index is 12.2. The zero-order valence-electron chi connectivity index (χ0n) is 10.3. The van der Waals surface area contributed by atoms with Gasteiger partial charge in [0, 0.05) is 12.0 Å². The summed E-state index contributed by atoms with van der Waals surface area (Å²) in [7, 11) is 0. The molecule has 0 radical (unpaired) electrons. The first-order chi connectivity index (χ1) is 8.26. The highest BCUT2D eigenvalue weighted by Gasteiger charge is 2.32. The van der Waals surface area contributed by atoms with Crippen LogP contribution in [0.4, 0.5) is 0 Å². The smallest absolute Gasteiger partial charge is 0.163 e. The van der Waals surface area contributed by atoms with Crippen LogP contribution in [0, 0.1) is 5.41 Å². The van der Waals surface area contributed by atoms with Gasteiger partial charge in [0.25, 0.3) is 0 Å². The monoisotopic (exact) mass is 231 g/mol. The van der Waals surface area contributed by atoms with Crippen LogP contribution in [0.25, 0.3) is 0 Å². The molecule has 0 atom stereocenters. The Morgan fingerprint density at radius 3 is 2.35 bits per heavy atom. The third kappa shape index (κ3) is 2.95. The summed E-state index contributed by atoms with van der Waals surface area (Å²) in [5.41, 5.74) is 6.81. The number of carbonyl (C=O) groups excluding carboxylic acids is 1. The summed E-state index contributed by atoms with van der Waals surface area (Å²) < 4.78 is 0. The maximum Gasteiger partial charge on any atom is 0.163 e. The van der Waals surface area contributed by atoms with Gasteiger partial charge in [-0.2, -0.15) is 0 Å². The van der Waals surface area contributed by atoms with Gasteiger partial charge in [0.2, 0.25) is 0 Å². The van der Waals surface area contributed by atoms with E-state index in [1.54, 1.807) is 0 Å². The lowest BCUT2D eigenvalue weighted by Crippen LogP contribution is -2.35. The SMILES string of the molecule is NCC1(CC(=O)c2ccccc2)CCCCC1. The Balaban J connectivity index is 2.06. The third-order valence-electron chi connectivity index (χ3n) is 3.98. The molecule has 2 rings (SSSR count). The molecule has 0 aliphatic heterocycles. The van der Waals surface area contributed by atoms with Crippen molar-refractivity contribution in [3.05, 3.63) is 35.9 Å². The molecule has 1 aliphatic rings. The number of rotatable bonds is 4.